The SMILES string of the molecule is Cc1ccccc1[C@@H]1C[C@@H](C)N([C@@H](C)C(=O)O)C1. The molecule has 1 aliphatic rings. The lowest BCUT2D eigenvalue weighted by atomic mass is 9.93. The first-order valence-electron chi connectivity index (χ1n) is 6.54. The van der Waals surface area contributed by atoms with Crippen molar-refractivity contribution in [3.05, 3.63) is 35.4 Å². The molecular weight excluding hydrogens is 226 g/mol. The minimum absolute atomic E-state index is 0.334. The van der Waals surface area contributed by atoms with E-state index in [0.717, 1.165) is 13.0 Å². The zero-order valence-electron chi connectivity index (χ0n) is 11.3. The van der Waals surface area contributed by atoms with Gasteiger partial charge in [0.15, 0.2) is 0 Å². The van der Waals surface area contributed by atoms with Crippen LogP contribution >= 0.6 is 0 Å². The molecule has 3 heteroatoms. The molecule has 3 atom stereocenters. The monoisotopic (exact) mass is 247 g/mol. The molecule has 1 fully saturated rings. The highest BCUT2D eigenvalue weighted by Crippen LogP contribution is 2.34. The minimum atomic E-state index is -0.729. The number of hydrogen-bond acceptors (Lipinski definition) is 2. The third kappa shape index (κ3) is 2.41. The maximum atomic E-state index is 11.1. The van der Waals surface area contributed by atoms with E-state index in [0.29, 0.717) is 12.0 Å². The summed E-state index contributed by atoms with van der Waals surface area (Å²) in [6.07, 6.45) is 1.04. The van der Waals surface area contributed by atoms with Gasteiger partial charge in [-0.25, -0.2) is 0 Å². The Balaban J connectivity index is 2.16. The van der Waals surface area contributed by atoms with Crippen molar-refractivity contribution in [2.75, 3.05) is 6.54 Å². The summed E-state index contributed by atoms with van der Waals surface area (Å²) < 4.78 is 0. The first-order valence-corrected chi connectivity index (χ1v) is 6.54. The maximum Gasteiger partial charge on any atom is 0.320 e. The number of carboxylic acid groups (broad SMARTS) is 1. The van der Waals surface area contributed by atoms with E-state index in [9.17, 15) is 4.79 Å². The molecule has 3 nitrogen and oxygen atoms in total. The fourth-order valence-corrected chi connectivity index (χ4v) is 3.01. The van der Waals surface area contributed by atoms with E-state index in [1.54, 1.807) is 6.92 Å². The van der Waals surface area contributed by atoms with Crippen LogP contribution in [0.5, 0.6) is 0 Å². The largest absolute Gasteiger partial charge is 0.480 e. The Morgan fingerprint density at radius 3 is 2.72 bits per heavy atom. The quantitative estimate of drug-likeness (QED) is 0.892. The van der Waals surface area contributed by atoms with E-state index in [-0.39, 0.29) is 0 Å². The Hall–Kier alpha value is -1.35. The van der Waals surface area contributed by atoms with E-state index in [1.807, 2.05) is 0 Å². The molecule has 1 aliphatic heterocycles. The molecule has 0 spiro atoms. The number of likely N-dealkylation sites (tertiary alicyclic amines) is 1. The molecule has 2 rings (SSSR count). The third-order valence-electron chi connectivity index (χ3n) is 4.11. The molecule has 0 radical (unpaired) electrons. The van der Waals surface area contributed by atoms with Crippen LogP contribution in [-0.4, -0.2) is 34.6 Å². The molecule has 0 bridgehead atoms. The van der Waals surface area contributed by atoms with Crippen molar-refractivity contribution in [2.24, 2.45) is 0 Å². The summed E-state index contributed by atoms with van der Waals surface area (Å²) in [5, 5.41) is 9.13. The zero-order valence-corrected chi connectivity index (χ0v) is 11.3. The normalized spacial score (nSPS) is 26.2. The average molecular weight is 247 g/mol. The molecule has 98 valence electrons. The lowest BCUT2D eigenvalue weighted by Crippen LogP contribution is -2.41. The molecule has 1 N–H and O–H groups in total. The molecule has 0 amide bonds. The van der Waals surface area contributed by atoms with Crippen molar-refractivity contribution >= 4 is 5.97 Å². The van der Waals surface area contributed by atoms with Gasteiger partial charge in [0, 0.05) is 12.6 Å². The van der Waals surface area contributed by atoms with Gasteiger partial charge in [-0.15, -0.1) is 0 Å². The Labute approximate surface area is 108 Å². The van der Waals surface area contributed by atoms with E-state index in [1.165, 1.54) is 11.1 Å². The van der Waals surface area contributed by atoms with Crippen molar-refractivity contribution < 1.29 is 9.90 Å². The first kappa shape index (κ1) is 13.1. The number of carbonyl (C=O) groups is 1. The van der Waals surface area contributed by atoms with E-state index >= 15 is 0 Å². The van der Waals surface area contributed by atoms with Crippen molar-refractivity contribution in [1.29, 1.82) is 0 Å². The Kier molecular flexibility index (Phi) is 3.71. The summed E-state index contributed by atoms with van der Waals surface area (Å²) in [5.41, 5.74) is 2.67. The number of nitrogens with zero attached hydrogens (tertiary/aromatic N) is 1. The van der Waals surface area contributed by atoms with Crippen LogP contribution in [0.3, 0.4) is 0 Å². The number of aryl methyl sites for hydroxylation is 1. The molecule has 0 aromatic heterocycles. The number of hydrogen-bond donors (Lipinski definition) is 1. The van der Waals surface area contributed by atoms with E-state index in [4.69, 9.17) is 5.11 Å². The molecule has 1 heterocycles. The van der Waals surface area contributed by atoms with Crippen LogP contribution in [0.1, 0.15) is 37.3 Å². The van der Waals surface area contributed by atoms with Gasteiger partial charge >= 0.3 is 5.97 Å². The molecular formula is C15H21NO2. The smallest absolute Gasteiger partial charge is 0.320 e. The van der Waals surface area contributed by atoms with Crippen molar-refractivity contribution in [2.45, 2.75) is 45.2 Å². The van der Waals surface area contributed by atoms with Crippen molar-refractivity contribution in [3.63, 3.8) is 0 Å². The zero-order chi connectivity index (χ0) is 13.3. The topological polar surface area (TPSA) is 40.5 Å². The molecule has 0 unspecified atom stereocenters. The van der Waals surface area contributed by atoms with E-state index < -0.39 is 12.0 Å². The van der Waals surface area contributed by atoms with Crippen LogP contribution in [-0.2, 0) is 4.79 Å². The van der Waals surface area contributed by atoms with Gasteiger partial charge in [-0.2, -0.15) is 0 Å². The van der Waals surface area contributed by atoms with Gasteiger partial charge in [-0.3, -0.25) is 9.69 Å². The number of benzene rings is 1. The highest BCUT2D eigenvalue weighted by Gasteiger charge is 2.35. The lowest BCUT2D eigenvalue weighted by Gasteiger charge is -2.25. The number of aliphatic carboxylic acids is 1. The molecule has 0 saturated carbocycles. The number of carboxylic acids is 1. The Morgan fingerprint density at radius 2 is 2.11 bits per heavy atom. The summed E-state index contributed by atoms with van der Waals surface area (Å²) in [6, 6.07) is 8.35. The Morgan fingerprint density at radius 1 is 1.44 bits per heavy atom. The van der Waals surface area contributed by atoms with Gasteiger partial charge in [0.25, 0.3) is 0 Å². The highest BCUT2D eigenvalue weighted by atomic mass is 16.4. The van der Waals surface area contributed by atoms with Crippen LogP contribution < -0.4 is 0 Å². The second-order valence-corrected chi connectivity index (χ2v) is 5.35. The van der Waals surface area contributed by atoms with Crippen molar-refractivity contribution in [3.8, 4) is 0 Å². The van der Waals surface area contributed by atoms with Gasteiger partial charge in [-0.05, 0) is 44.2 Å². The average Bonchev–Trinajstić information content (AvgIpc) is 2.70. The summed E-state index contributed by atoms with van der Waals surface area (Å²) in [5.74, 6) is -0.268. The highest BCUT2D eigenvalue weighted by molar-refractivity contribution is 5.73. The second kappa shape index (κ2) is 5.11. The predicted octanol–water partition coefficient (Wildman–Crippen LogP) is 2.65. The predicted molar refractivity (Wildman–Crippen MR) is 71.8 cm³/mol. The van der Waals surface area contributed by atoms with Crippen LogP contribution in [0.4, 0.5) is 0 Å². The minimum Gasteiger partial charge on any atom is -0.480 e. The molecule has 0 aliphatic carbocycles. The van der Waals surface area contributed by atoms with Gasteiger partial charge in [0.1, 0.15) is 6.04 Å². The molecule has 1 aromatic carbocycles. The fraction of sp³-hybridized carbons (Fsp3) is 0.533. The second-order valence-electron chi connectivity index (χ2n) is 5.35. The molecule has 1 aromatic rings. The fourth-order valence-electron chi connectivity index (χ4n) is 3.01. The first-order chi connectivity index (χ1) is 8.50. The summed E-state index contributed by atoms with van der Waals surface area (Å²) in [6.45, 7) is 6.87. The van der Waals surface area contributed by atoms with Gasteiger partial charge in [-0.1, -0.05) is 24.3 Å². The Bertz CT molecular complexity index is 444. The van der Waals surface area contributed by atoms with Crippen LogP contribution in [0.15, 0.2) is 24.3 Å². The van der Waals surface area contributed by atoms with E-state index in [2.05, 4.69) is 43.0 Å². The molecule has 1 saturated heterocycles. The molecule has 18 heavy (non-hydrogen) atoms. The third-order valence-corrected chi connectivity index (χ3v) is 4.11. The standard InChI is InChI=1S/C15H21NO2/c1-10-6-4-5-7-14(10)13-8-11(2)16(9-13)12(3)15(17)18/h4-7,11-13H,8-9H2,1-3H3,(H,17,18)/t11-,12+,13-/m1/s1. The maximum absolute atomic E-state index is 11.1. The van der Waals surface area contributed by atoms with Crippen molar-refractivity contribution in [1.82, 2.24) is 4.90 Å². The van der Waals surface area contributed by atoms with Gasteiger partial charge in [0.2, 0.25) is 0 Å². The summed E-state index contributed by atoms with van der Waals surface area (Å²) in [7, 11) is 0. The van der Waals surface area contributed by atoms with Gasteiger partial charge in [0.05, 0.1) is 0 Å². The van der Waals surface area contributed by atoms with Gasteiger partial charge < -0.3 is 5.11 Å². The lowest BCUT2D eigenvalue weighted by molar-refractivity contribution is -0.142. The number of rotatable bonds is 3. The van der Waals surface area contributed by atoms with Crippen LogP contribution in [0.2, 0.25) is 0 Å². The van der Waals surface area contributed by atoms with Crippen LogP contribution in [0, 0.1) is 6.92 Å². The summed E-state index contributed by atoms with van der Waals surface area (Å²) in [4.78, 5) is 13.2. The summed E-state index contributed by atoms with van der Waals surface area (Å²) >= 11 is 0. The van der Waals surface area contributed by atoms with Crippen LogP contribution in [0.25, 0.3) is 0 Å².